The van der Waals surface area contributed by atoms with Crippen molar-refractivity contribution in [2.45, 2.75) is 13.5 Å². The van der Waals surface area contributed by atoms with Crippen molar-refractivity contribution >= 4 is 29.0 Å². The van der Waals surface area contributed by atoms with Crippen molar-refractivity contribution in [2.24, 2.45) is 0 Å². The molecule has 6 heteroatoms. The number of methoxy groups -OCH3 is 1. The summed E-state index contributed by atoms with van der Waals surface area (Å²) in [6.45, 7) is 3.05. The number of hydrogen-bond acceptors (Lipinski definition) is 5. The van der Waals surface area contributed by atoms with Crippen molar-refractivity contribution in [3.63, 3.8) is 0 Å². The molecule has 5 nitrogen and oxygen atoms in total. The van der Waals surface area contributed by atoms with E-state index in [4.69, 9.17) is 9.47 Å². The van der Waals surface area contributed by atoms with E-state index < -0.39 is 0 Å². The van der Waals surface area contributed by atoms with E-state index in [0.29, 0.717) is 23.9 Å². The standard InChI is InChI=1S/C21H21NO4S/c1-15-6-5-7-16(12-15)14-26-18-9-4-3-8-17(18)13-19-20(23)22(10-11-25-2)21(24)27-19/h3-9,12-13H,10-11,14H2,1-2H3/b19-13+. The molecular formula is C21H21NO4S. The van der Waals surface area contributed by atoms with Crippen LogP contribution in [0.5, 0.6) is 5.75 Å². The van der Waals surface area contributed by atoms with Crippen LogP contribution in [0, 0.1) is 6.92 Å². The number of nitrogens with zero attached hydrogens (tertiary/aromatic N) is 1. The molecule has 0 saturated carbocycles. The summed E-state index contributed by atoms with van der Waals surface area (Å²) < 4.78 is 10.9. The van der Waals surface area contributed by atoms with Crippen LogP contribution in [-0.4, -0.2) is 36.3 Å². The average molecular weight is 383 g/mol. The van der Waals surface area contributed by atoms with Crippen molar-refractivity contribution in [3.05, 3.63) is 70.1 Å². The molecule has 1 aliphatic heterocycles. The fourth-order valence-electron chi connectivity index (χ4n) is 2.71. The molecular weight excluding hydrogens is 362 g/mol. The first-order valence-electron chi connectivity index (χ1n) is 8.60. The van der Waals surface area contributed by atoms with Crippen LogP contribution in [0.1, 0.15) is 16.7 Å². The van der Waals surface area contributed by atoms with E-state index in [1.807, 2.05) is 49.4 Å². The molecule has 1 saturated heterocycles. The number of aryl methyl sites for hydroxylation is 1. The van der Waals surface area contributed by atoms with Crippen molar-refractivity contribution in [3.8, 4) is 5.75 Å². The summed E-state index contributed by atoms with van der Waals surface area (Å²) in [6, 6.07) is 15.6. The van der Waals surface area contributed by atoms with Gasteiger partial charge in [0.15, 0.2) is 0 Å². The third-order valence-corrected chi connectivity index (χ3v) is 4.98. The van der Waals surface area contributed by atoms with E-state index in [9.17, 15) is 9.59 Å². The van der Waals surface area contributed by atoms with E-state index in [1.54, 1.807) is 6.08 Å². The molecule has 0 atom stereocenters. The van der Waals surface area contributed by atoms with Gasteiger partial charge in [-0.2, -0.15) is 0 Å². The molecule has 0 bridgehead atoms. The SMILES string of the molecule is COCCN1C(=O)S/C(=C/c2ccccc2OCc2cccc(C)c2)C1=O. The van der Waals surface area contributed by atoms with Gasteiger partial charge in [-0.25, -0.2) is 0 Å². The highest BCUT2D eigenvalue weighted by Gasteiger charge is 2.34. The van der Waals surface area contributed by atoms with Gasteiger partial charge in [-0.3, -0.25) is 14.5 Å². The van der Waals surface area contributed by atoms with Gasteiger partial charge in [0.25, 0.3) is 11.1 Å². The minimum atomic E-state index is -0.296. The van der Waals surface area contributed by atoms with Crippen LogP contribution < -0.4 is 4.74 Å². The molecule has 1 fully saturated rings. The highest BCUT2D eigenvalue weighted by molar-refractivity contribution is 8.18. The summed E-state index contributed by atoms with van der Waals surface area (Å²) in [5.41, 5.74) is 3.02. The molecule has 3 rings (SSSR count). The lowest BCUT2D eigenvalue weighted by molar-refractivity contribution is -0.123. The summed E-state index contributed by atoms with van der Waals surface area (Å²) in [6.07, 6.45) is 1.71. The molecule has 2 amide bonds. The smallest absolute Gasteiger partial charge is 0.293 e. The maximum Gasteiger partial charge on any atom is 0.293 e. The predicted molar refractivity (Wildman–Crippen MR) is 107 cm³/mol. The third-order valence-electron chi connectivity index (χ3n) is 4.08. The van der Waals surface area contributed by atoms with Crippen molar-refractivity contribution in [2.75, 3.05) is 20.3 Å². The van der Waals surface area contributed by atoms with Crippen LogP contribution in [0.15, 0.2) is 53.4 Å². The lowest BCUT2D eigenvalue weighted by Gasteiger charge is -2.11. The molecule has 0 aromatic heterocycles. The zero-order valence-electron chi connectivity index (χ0n) is 15.3. The van der Waals surface area contributed by atoms with Gasteiger partial charge in [0.2, 0.25) is 0 Å². The number of amides is 2. The maximum atomic E-state index is 12.5. The van der Waals surface area contributed by atoms with Gasteiger partial charge in [0, 0.05) is 12.7 Å². The predicted octanol–water partition coefficient (Wildman–Crippen LogP) is 4.26. The number of imide groups is 1. The highest BCUT2D eigenvalue weighted by atomic mass is 32.2. The topological polar surface area (TPSA) is 55.8 Å². The van der Waals surface area contributed by atoms with Crippen LogP contribution in [0.25, 0.3) is 6.08 Å². The number of thioether (sulfide) groups is 1. The van der Waals surface area contributed by atoms with Gasteiger partial charge in [-0.05, 0) is 36.4 Å². The maximum absolute atomic E-state index is 12.5. The lowest BCUT2D eigenvalue weighted by atomic mass is 10.1. The molecule has 1 aliphatic rings. The van der Waals surface area contributed by atoms with Crippen LogP contribution in [0.4, 0.5) is 4.79 Å². The first kappa shape index (κ1) is 19.2. The van der Waals surface area contributed by atoms with E-state index in [-0.39, 0.29) is 17.7 Å². The number of benzene rings is 2. The molecule has 0 radical (unpaired) electrons. The molecule has 2 aromatic carbocycles. The highest BCUT2D eigenvalue weighted by Crippen LogP contribution is 2.33. The molecule has 140 valence electrons. The van der Waals surface area contributed by atoms with E-state index in [0.717, 1.165) is 22.9 Å². The first-order valence-corrected chi connectivity index (χ1v) is 9.42. The summed E-state index contributed by atoms with van der Waals surface area (Å²) in [7, 11) is 1.54. The number of rotatable bonds is 7. The lowest BCUT2D eigenvalue weighted by Crippen LogP contribution is -2.31. The Hall–Kier alpha value is -2.57. The quantitative estimate of drug-likeness (QED) is 0.669. The second-order valence-corrected chi connectivity index (χ2v) is 7.13. The summed E-state index contributed by atoms with van der Waals surface area (Å²) >= 11 is 0.940. The number of hydrogen-bond donors (Lipinski definition) is 0. The zero-order valence-corrected chi connectivity index (χ0v) is 16.1. The average Bonchev–Trinajstić information content (AvgIpc) is 2.92. The largest absolute Gasteiger partial charge is 0.488 e. The summed E-state index contributed by atoms with van der Waals surface area (Å²) in [5, 5.41) is -0.276. The fourth-order valence-corrected chi connectivity index (χ4v) is 3.57. The second-order valence-electron chi connectivity index (χ2n) is 6.14. The molecule has 0 aliphatic carbocycles. The van der Waals surface area contributed by atoms with Crippen molar-refractivity contribution in [1.82, 2.24) is 4.90 Å². The van der Waals surface area contributed by atoms with Gasteiger partial charge in [-0.1, -0.05) is 48.0 Å². The van der Waals surface area contributed by atoms with Gasteiger partial charge in [-0.15, -0.1) is 0 Å². The molecule has 0 N–H and O–H groups in total. The number of ether oxygens (including phenoxy) is 2. The molecule has 1 heterocycles. The Morgan fingerprint density at radius 1 is 1.11 bits per heavy atom. The molecule has 2 aromatic rings. The van der Waals surface area contributed by atoms with Crippen LogP contribution in [-0.2, 0) is 16.1 Å². The first-order chi connectivity index (χ1) is 13.1. The molecule has 0 unspecified atom stereocenters. The van der Waals surface area contributed by atoms with E-state index >= 15 is 0 Å². The van der Waals surface area contributed by atoms with Gasteiger partial charge in [0.1, 0.15) is 12.4 Å². The van der Waals surface area contributed by atoms with E-state index in [1.165, 1.54) is 17.6 Å². The monoisotopic (exact) mass is 383 g/mol. The molecule has 27 heavy (non-hydrogen) atoms. The fraction of sp³-hybridized carbons (Fsp3) is 0.238. The van der Waals surface area contributed by atoms with Gasteiger partial charge >= 0.3 is 0 Å². The number of para-hydroxylation sites is 1. The van der Waals surface area contributed by atoms with Crippen LogP contribution >= 0.6 is 11.8 Å². The van der Waals surface area contributed by atoms with Gasteiger partial charge < -0.3 is 9.47 Å². The minimum Gasteiger partial charge on any atom is -0.488 e. The second kappa shape index (κ2) is 8.88. The third kappa shape index (κ3) is 4.78. The number of carbonyl (C=O) groups is 2. The Balaban J connectivity index is 1.77. The summed E-state index contributed by atoms with van der Waals surface area (Å²) in [4.78, 5) is 26.1. The molecule has 0 spiro atoms. The van der Waals surface area contributed by atoms with Crippen LogP contribution in [0.3, 0.4) is 0 Å². The van der Waals surface area contributed by atoms with Crippen LogP contribution in [0.2, 0.25) is 0 Å². The number of carbonyl (C=O) groups excluding carboxylic acids is 2. The van der Waals surface area contributed by atoms with E-state index in [2.05, 4.69) is 6.07 Å². The normalized spacial score (nSPS) is 15.6. The van der Waals surface area contributed by atoms with Crippen molar-refractivity contribution < 1.29 is 19.1 Å². The Bertz CT molecular complexity index is 878. The zero-order chi connectivity index (χ0) is 19.2. The Kier molecular flexibility index (Phi) is 6.32. The Labute approximate surface area is 163 Å². The van der Waals surface area contributed by atoms with Crippen molar-refractivity contribution in [1.29, 1.82) is 0 Å². The minimum absolute atomic E-state index is 0.254. The summed E-state index contributed by atoms with van der Waals surface area (Å²) in [5.74, 6) is 0.373. The Morgan fingerprint density at radius 2 is 1.93 bits per heavy atom. The van der Waals surface area contributed by atoms with Gasteiger partial charge in [0.05, 0.1) is 18.1 Å². The Morgan fingerprint density at radius 3 is 2.70 bits per heavy atom.